The Morgan fingerprint density at radius 1 is 1.05 bits per heavy atom. The number of carboxylic acids is 1. The molecule has 8 heteroatoms. The van der Waals surface area contributed by atoms with Gasteiger partial charge in [0.1, 0.15) is 35.5 Å². The van der Waals surface area contributed by atoms with E-state index in [2.05, 4.69) is 33.7 Å². The third-order valence-electron chi connectivity index (χ3n) is 7.90. The molecule has 0 radical (unpaired) electrons. The van der Waals surface area contributed by atoms with Crippen molar-refractivity contribution in [2.75, 3.05) is 18.0 Å². The lowest BCUT2D eigenvalue weighted by Crippen LogP contribution is -2.38. The lowest BCUT2D eigenvalue weighted by atomic mass is 9.82. The summed E-state index contributed by atoms with van der Waals surface area (Å²) >= 11 is 0. The molecule has 5 aromatic rings. The third kappa shape index (κ3) is 4.97. The van der Waals surface area contributed by atoms with E-state index in [4.69, 9.17) is 9.15 Å². The summed E-state index contributed by atoms with van der Waals surface area (Å²) in [6.07, 6.45) is 5.45. The van der Waals surface area contributed by atoms with E-state index >= 15 is 0 Å². The number of pyridine rings is 1. The zero-order valence-electron chi connectivity index (χ0n) is 23.0. The fourth-order valence-electron chi connectivity index (χ4n) is 5.46. The number of carbonyl (C=O) groups is 1. The Morgan fingerprint density at radius 2 is 1.80 bits per heavy atom. The summed E-state index contributed by atoms with van der Waals surface area (Å²) in [6, 6.07) is 15.6. The number of piperidine rings is 1. The van der Waals surface area contributed by atoms with E-state index in [1.165, 1.54) is 6.33 Å². The topological polar surface area (TPSA) is 102 Å². The maximum atomic E-state index is 11.8. The molecule has 4 heterocycles. The number of fused-ring (bicyclic) bond motifs is 3. The minimum absolute atomic E-state index is 0.0573. The summed E-state index contributed by atoms with van der Waals surface area (Å²) in [6.45, 7) is 8.48. The van der Waals surface area contributed by atoms with Crippen LogP contribution in [0.15, 0.2) is 65.5 Å². The average Bonchev–Trinajstić information content (AvgIpc) is 3.33. The predicted octanol–water partition coefficient (Wildman–Crippen LogP) is 6.58. The fraction of sp³-hybridized carbons (Fsp3) is 0.312. The molecular formula is C32H32N4O4. The van der Waals surface area contributed by atoms with Crippen molar-refractivity contribution in [3.63, 3.8) is 0 Å². The van der Waals surface area contributed by atoms with Gasteiger partial charge in [0.2, 0.25) is 0 Å². The van der Waals surface area contributed by atoms with E-state index in [-0.39, 0.29) is 18.4 Å². The van der Waals surface area contributed by atoms with Crippen LogP contribution < -0.4 is 9.64 Å². The molecule has 8 nitrogen and oxygen atoms in total. The molecule has 2 aromatic carbocycles. The van der Waals surface area contributed by atoms with Crippen molar-refractivity contribution < 1.29 is 19.1 Å². The molecule has 0 saturated carbocycles. The van der Waals surface area contributed by atoms with E-state index in [9.17, 15) is 9.90 Å². The molecule has 40 heavy (non-hydrogen) atoms. The second-order valence-electron chi connectivity index (χ2n) is 11.2. The standard InChI is InChI=1S/C32H32N4O4/c1-20-24(16-28(37)38)30(36-14-12-32(2,3)13-15-36)25(17-33-20)21-8-10-22(11-9-21)39-18-26-31-29(35-19-34-26)23-6-4-5-7-27(23)40-31/h4-11,17,19H,12-16,18H2,1-3H3,(H,37,38). The van der Waals surface area contributed by atoms with Crippen LogP contribution in [-0.4, -0.2) is 39.1 Å². The number of nitrogens with zero attached hydrogens (tertiary/aromatic N) is 4. The highest BCUT2D eigenvalue weighted by atomic mass is 16.5. The first kappa shape index (κ1) is 25.8. The minimum atomic E-state index is -0.854. The number of hydrogen-bond donors (Lipinski definition) is 1. The number of aryl methyl sites for hydroxylation is 1. The van der Waals surface area contributed by atoms with Crippen LogP contribution in [0.2, 0.25) is 0 Å². The first-order valence-electron chi connectivity index (χ1n) is 13.6. The SMILES string of the molecule is Cc1ncc(-c2ccc(OCc3ncnc4c3oc3ccccc34)cc2)c(N2CCC(C)(C)CC2)c1CC(=O)O. The Hall–Kier alpha value is -4.46. The summed E-state index contributed by atoms with van der Waals surface area (Å²) in [7, 11) is 0. The van der Waals surface area contributed by atoms with Gasteiger partial charge in [-0.25, -0.2) is 9.97 Å². The van der Waals surface area contributed by atoms with Crippen LogP contribution in [0, 0.1) is 12.3 Å². The lowest BCUT2D eigenvalue weighted by molar-refractivity contribution is -0.136. The van der Waals surface area contributed by atoms with Gasteiger partial charge in [-0.05, 0) is 55.0 Å². The lowest BCUT2D eigenvalue weighted by Gasteiger charge is -2.40. The molecule has 0 amide bonds. The number of aromatic nitrogens is 3. The summed E-state index contributed by atoms with van der Waals surface area (Å²) in [4.78, 5) is 27.5. The van der Waals surface area contributed by atoms with Crippen molar-refractivity contribution in [3.05, 3.63) is 78.0 Å². The van der Waals surface area contributed by atoms with Crippen LogP contribution in [-0.2, 0) is 17.8 Å². The highest BCUT2D eigenvalue weighted by Gasteiger charge is 2.29. The predicted molar refractivity (Wildman–Crippen MR) is 155 cm³/mol. The molecule has 6 rings (SSSR count). The smallest absolute Gasteiger partial charge is 0.307 e. The average molecular weight is 537 g/mol. The molecule has 1 saturated heterocycles. The molecule has 0 spiro atoms. The maximum Gasteiger partial charge on any atom is 0.307 e. The summed E-state index contributed by atoms with van der Waals surface area (Å²) < 4.78 is 12.1. The van der Waals surface area contributed by atoms with Gasteiger partial charge in [-0.15, -0.1) is 0 Å². The Balaban J connectivity index is 1.28. The number of carboxylic acid groups (broad SMARTS) is 1. The number of para-hydroxylation sites is 1. The molecule has 3 aromatic heterocycles. The van der Waals surface area contributed by atoms with Gasteiger partial charge in [-0.2, -0.15) is 0 Å². The number of benzene rings is 2. The molecule has 204 valence electrons. The van der Waals surface area contributed by atoms with Crippen LogP contribution >= 0.6 is 0 Å². The van der Waals surface area contributed by atoms with Crippen molar-refractivity contribution in [2.45, 2.75) is 46.6 Å². The molecule has 0 bridgehead atoms. The Kier molecular flexibility index (Phi) is 6.62. The van der Waals surface area contributed by atoms with Crippen LogP contribution in [0.4, 0.5) is 5.69 Å². The monoisotopic (exact) mass is 536 g/mol. The van der Waals surface area contributed by atoms with E-state index < -0.39 is 5.97 Å². The van der Waals surface area contributed by atoms with E-state index in [1.54, 1.807) is 0 Å². The maximum absolute atomic E-state index is 11.8. The van der Waals surface area contributed by atoms with Gasteiger partial charge in [0.05, 0.1) is 12.1 Å². The molecular weight excluding hydrogens is 504 g/mol. The molecule has 1 N–H and O–H groups in total. The zero-order chi connectivity index (χ0) is 27.9. The normalized spacial score (nSPS) is 15.0. The van der Waals surface area contributed by atoms with Gasteiger partial charge < -0.3 is 19.2 Å². The van der Waals surface area contributed by atoms with Gasteiger partial charge in [-0.1, -0.05) is 38.1 Å². The first-order chi connectivity index (χ1) is 19.3. The van der Waals surface area contributed by atoms with Gasteiger partial charge in [0.15, 0.2) is 5.58 Å². The zero-order valence-corrected chi connectivity index (χ0v) is 23.0. The van der Waals surface area contributed by atoms with Crippen LogP contribution in [0.25, 0.3) is 33.2 Å². The van der Waals surface area contributed by atoms with Crippen molar-refractivity contribution in [1.82, 2.24) is 15.0 Å². The summed E-state index contributed by atoms with van der Waals surface area (Å²) in [5.41, 5.74) is 7.56. The minimum Gasteiger partial charge on any atom is -0.487 e. The van der Waals surface area contributed by atoms with E-state index in [0.29, 0.717) is 17.0 Å². The third-order valence-corrected chi connectivity index (χ3v) is 7.90. The highest BCUT2D eigenvalue weighted by Crippen LogP contribution is 2.40. The number of aliphatic carboxylic acids is 1. The Morgan fingerprint density at radius 3 is 2.55 bits per heavy atom. The van der Waals surface area contributed by atoms with Crippen molar-refractivity contribution >= 4 is 33.7 Å². The van der Waals surface area contributed by atoms with Gasteiger partial charge in [-0.3, -0.25) is 9.78 Å². The molecule has 0 aliphatic carbocycles. The fourth-order valence-corrected chi connectivity index (χ4v) is 5.46. The first-order valence-corrected chi connectivity index (χ1v) is 13.6. The van der Waals surface area contributed by atoms with Crippen LogP contribution in [0.3, 0.4) is 0 Å². The largest absolute Gasteiger partial charge is 0.487 e. The van der Waals surface area contributed by atoms with Crippen LogP contribution in [0.5, 0.6) is 5.75 Å². The van der Waals surface area contributed by atoms with Gasteiger partial charge in [0, 0.05) is 41.5 Å². The van der Waals surface area contributed by atoms with Crippen LogP contribution in [0.1, 0.15) is 43.6 Å². The number of ether oxygens (including phenoxy) is 1. The molecule has 0 atom stereocenters. The quantitative estimate of drug-likeness (QED) is 0.249. The second kappa shape index (κ2) is 10.3. The molecule has 0 unspecified atom stereocenters. The molecule has 1 aliphatic heterocycles. The second-order valence-corrected chi connectivity index (χ2v) is 11.2. The summed E-state index contributed by atoms with van der Waals surface area (Å²) in [5, 5.41) is 10.6. The number of furan rings is 1. The van der Waals surface area contributed by atoms with E-state index in [1.807, 2.05) is 61.7 Å². The summed E-state index contributed by atoms with van der Waals surface area (Å²) in [5.74, 6) is -0.161. The van der Waals surface area contributed by atoms with E-state index in [0.717, 1.165) is 70.5 Å². The Bertz CT molecular complexity index is 1700. The van der Waals surface area contributed by atoms with Gasteiger partial charge in [0.25, 0.3) is 0 Å². The molecule has 1 fully saturated rings. The molecule has 1 aliphatic rings. The Labute approximate surface area is 232 Å². The number of hydrogen-bond acceptors (Lipinski definition) is 7. The number of rotatable bonds is 7. The van der Waals surface area contributed by atoms with Crippen molar-refractivity contribution in [1.29, 1.82) is 0 Å². The van der Waals surface area contributed by atoms with Gasteiger partial charge >= 0.3 is 5.97 Å². The van der Waals surface area contributed by atoms with Crippen molar-refractivity contribution in [3.8, 4) is 16.9 Å². The highest BCUT2D eigenvalue weighted by molar-refractivity contribution is 6.02. The number of anilines is 1. The van der Waals surface area contributed by atoms with Crippen molar-refractivity contribution in [2.24, 2.45) is 5.41 Å².